The van der Waals surface area contributed by atoms with Crippen molar-refractivity contribution in [2.24, 2.45) is 5.92 Å². The second-order valence-electron chi connectivity index (χ2n) is 12.1. The minimum Gasteiger partial charge on any atom is -0.453 e. The number of carbonyl (C=O) groups is 2. The van der Waals surface area contributed by atoms with Gasteiger partial charge in [0, 0.05) is 35.6 Å². The summed E-state index contributed by atoms with van der Waals surface area (Å²) in [5.74, 6) is 13.6. The van der Waals surface area contributed by atoms with Crippen LogP contribution >= 0.6 is 0 Å². The van der Waals surface area contributed by atoms with E-state index in [-0.39, 0.29) is 23.9 Å². The Bertz CT molecular complexity index is 1850. The van der Waals surface area contributed by atoms with E-state index in [0.29, 0.717) is 12.4 Å². The van der Waals surface area contributed by atoms with E-state index < -0.39 is 12.1 Å². The van der Waals surface area contributed by atoms with Crippen molar-refractivity contribution >= 4 is 12.0 Å². The Hall–Kier alpha value is -5.39. The van der Waals surface area contributed by atoms with Gasteiger partial charge in [-0.3, -0.25) is 9.78 Å². The minimum atomic E-state index is -0.691. The van der Waals surface area contributed by atoms with Crippen molar-refractivity contribution in [3.63, 3.8) is 0 Å². The van der Waals surface area contributed by atoms with Gasteiger partial charge in [0.2, 0.25) is 5.91 Å². The molecule has 0 saturated carbocycles. The zero-order valence-electron chi connectivity index (χ0n) is 26.8. The lowest BCUT2D eigenvalue weighted by Gasteiger charge is -2.30. The van der Waals surface area contributed by atoms with Crippen LogP contribution in [-0.2, 0) is 9.53 Å². The average Bonchev–Trinajstić information content (AvgIpc) is 3.92. The number of likely N-dealkylation sites (tertiary alicyclic amines) is 1. The molecule has 2 aliphatic heterocycles. The van der Waals surface area contributed by atoms with Crippen molar-refractivity contribution < 1.29 is 14.3 Å². The molecule has 4 aromatic rings. The number of nitrogens with zero attached hydrogens (tertiary/aromatic N) is 4. The van der Waals surface area contributed by atoms with Crippen LogP contribution in [0.4, 0.5) is 4.79 Å². The summed E-state index contributed by atoms with van der Waals surface area (Å²) in [6.07, 6.45) is 10.3. The van der Waals surface area contributed by atoms with Crippen LogP contribution in [0.15, 0.2) is 55.1 Å². The maximum absolute atomic E-state index is 13.6. The molecule has 0 aliphatic carbocycles. The van der Waals surface area contributed by atoms with Gasteiger partial charge >= 0.3 is 6.09 Å². The van der Waals surface area contributed by atoms with E-state index in [9.17, 15) is 9.59 Å². The molecule has 0 radical (unpaired) electrons. The lowest BCUT2D eigenvalue weighted by molar-refractivity contribution is -0.135. The molecular weight excluding hydrogens is 592 g/mol. The Balaban J connectivity index is 1.23. The first-order valence-electron chi connectivity index (χ1n) is 16.0. The number of carbonyl (C=O) groups excluding carboxylic acids is 2. The maximum atomic E-state index is 13.6. The molecule has 2 aliphatic rings. The summed E-state index contributed by atoms with van der Waals surface area (Å²) in [5.41, 5.74) is 5.16. The van der Waals surface area contributed by atoms with Crippen LogP contribution in [0, 0.1) is 29.6 Å². The third-order valence-corrected chi connectivity index (χ3v) is 8.58. The number of hydrogen-bond donors (Lipinski definition) is 4. The van der Waals surface area contributed by atoms with Crippen LogP contribution in [0.5, 0.6) is 0 Å². The van der Waals surface area contributed by atoms with Crippen molar-refractivity contribution in [1.82, 2.24) is 40.5 Å². The smallest absolute Gasteiger partial charge is 0.407 e. The number of alkyl carbamates (subject to hydrolysis) is 1. The number of methoxy groups -OCH3 is 1. The quantitative estimate of drug-likeness (QED) is 0.216. The molecule has 2 saturated heterocycles. The van der Waals surface area contributed by atoms with E-state index >= 15 is 0 Å². The van der Waals surface area contributed by atoms with Crippen LogP contribution in [0.1, 0.15) is 74.5 Å². The second-order valence-corrected chi connectivity index (χ2v) is 12.1. The van der Waals surface area contributed by atoms with Gasteiger partial charge in [-0.05, 0) is 79.7 Å². The van der Waals surface area contributed by atoms with Crippen LogP contribution in [0.25, 0.3) is 22.4 Å². The molecule has 1 aromatic carbocycles. The number of aromatic nitrogens is 5. The van der Waals surface area contributed by atoms with E-state index in [2.05, 4.69) is 60.3 Å². The maximum Gasteiger partial charge on any atom is 0.407 e. The summed E-state index contributed by atoms with van der Waals surface area (Å²) in [7, 11) is 1.29. The number of pyridine rings is 1. The summed E-state index contributed by atoms with van der Waals surface area (Å²) in [6.45, 7) is 5.40. The molecule has 11 heteroatoms. The Morgan fingerprint density at radius 3 is 2.62 bits per heavy atom. The van der Waals surface area contributed by atoms with Crippen molar-refractivity contribution in [1.29, 1.82) is 0 Å². The number of benzene rings is 1. The van der Waals surface area contributed by atoms with Gasteiger partial charge in [-0.25, -0.2) is 14.8 Å². The lowest BCUT2D eigenvalue weighted by atomic mass is 9.97. The topological polar surface area (TPSA) is 141 Å². The molecule has 47 heavy (non-hydrogen) atoms. The molecule has 4 N–H and O–H groups in total. The Morgan fingerprint density at radius 1 is 1.00 bits per heavy atom. The molecule has 2 fully saturated rings. The highest BCUT2D eigenvalue weighted by Crippen LogP contribution is 2.34. The summed E-state index contributed by atoms with van der Waals surface area (Å²) in [5, 5.41) is 6.13. The predicted molar refractivity (Wildman–Crippen MR) is 177 cm³/mol. The Kier molecular flexibility index (Phi) is 9.65. The van der Waals surface area contributed by atoms with Gasteiger partial charge < -0.3 is 30.2 Å². The molecule has 3 atom stereocenters. The standard InChI is InChI=1S/C36H38N8O3/c1-23(2)32(43-36(46)47-3)35(45)44-18-8-13-31(44)34-40-22-30(42-34)25-15-14-24(28(19-25)26-10-6-16-37-20-26)9-4-5-11-27-21-39-33(41-27)29-12-7-17-38-29/h6,10,14-16,19-23,29,31-32,38H,7-8,12-13,17-18H2,1-3H3,(H,39,41)(H,40,42)(H,43,46)/t29?,31?,32-/m0/s1. The number of amides is 2. The summed E-state index contributed by atoms with van der Waals surface area (Å²) in [6, 6.07) is 9.28. The van der Waals surface area contributed by atoms with Crippen LogP contribution in [0.2, 0.25) is 0 Å². The van der Waals surface area contributed by atoms with Gasteiger partial charge in [-0.2, -0.15) is 0 Å². The van der Waals surface area contributed by atoms with Gasteiger partial charge in [0.25, 0.3) is 0 Å². The molecule has 0 spiro atoms. The summed E-state index contributed by atoms with van der Waals surface area (Å²) >= 11 is 0. The number of rotatable bonds is 7. The normalized spacial score (nSPS) is 17.8. The highest BCUT2D eigenvalue weighted by Gasteiger charge is 2.37. The van der Waals surface area contributed by atoms with Gasteiger partial charge in [-0.15, -0.1) is 0 Å². The lowest BCUT2D eigenvalue weighted by Crippen LogP contribution is -2.51. The monoisotopic (exact) mass is 630 g/mol. The first kappa shape index (κ1) is 31.6. The molecule has 6 rings (SSSR count). The molecule has 11 nitrogen and oxygen atoms in total. The highest BCUT2D eigenvalue weighted by atomic mass is 16.5. The summed E-state index contributed by atoms with van der Waals surface area (Å²) in [4.78, 5) is 47.6. The second kappa shape index (κ2) is 14.4. The molecule has 240 valence electrons. The van der Waals surface area contributed by atoms with E-state index in [1.165, 1.54) is 7.11 Å². The number of nitrogens with one attached hydrogen (secondary N) is 4. The number of aromatic amines is 2. The van der Waals surface area contributed by atoms with E-state index in [0.717, 1.165) is 71.7 Å². The number of ether oxygens (including phenoxy) is 1. The highest BCUT2D eigenvalue weighted by molar-refractivity contribution is 5.86. The number of H-pyrrole nitrogens is 2. The minimum absolute atomic E-state index is 0.106. The van der Waals surface area contributed by atoms with Crippen LogP contribution in [-0.4, -0.2) is 68.1 Å². The molecule has 5 heterocycles. The Labute approximate surface area is 274 Å². The van der Waals surface area contributed by atoms with Gasteiger partial charge in [0.15, 0.2) is 0 Å². The molecular formula is C36H38N8O3. The van der Waals surface area contributed by atoms with Gasteiger partial charge in [0.1, 0.15) is 23.4 Å². The molecule has 3 aromatic heterocycles. The van der Waals surface area contributed by atoms with E-state index in [4.69, 9.17) is 9.72 Å². The van der Waals surface area contributed by atoms with Gasteiger partial charge in [0.05, 0.1) is 37.3 Å². The third-order valence-electron chi connectivity index (χ3n) is 8.58. The fraction of sp³-hybridized carbons (Fsp3) is 0.361. The third kappa shape index (κ3) is 7.21. The van der Waals surface area contributed by atoms with Crippen molar-refractivity contribution in [3.05, 3.63) is 78.0 Å². The first-order chi connectivity index (χ1) is 22.9. The SMILES string of the molecule is COC(=O)N[C@H](C(=O)N1CCCC1c1ncc(-c2ccc(C#CC#Cc3cnc(C4CCCN4)[nH]3)c(-c3cccnc3)c2)[nH]1)C(C)C. The van der Waals surface area contributed by atoms with E-state index in [1.54, 1.807) is 23.5 Å². The largest absolute Gasteiger partial charge is 0.453 e. The Morgan fingerprint density at radius 2 is 1.85 bits per heavy atom. The van der Waals surface area contributed by atoms with Gasteiger partial charge in [-0.1, -0.05) is 31.9 Å². The summed E-state index contributed by atoms with van der Waals surface area (Å²) < 4.78 is 4.76. The van der Waals surface area contributed by atoms with Crippen molar-refractivity contribution in [2.75, 3.05) is 20.2 Å². The van der Waals surface area contributed by atoms with Crippen molar-refractivity contribution in [2.45, 2.75) is 57.7 Å². The van der Waals surface area contributed by atoms with E-state index in [1.807, 2.05) is 44.3 Å². The van der Waals surface area contributed by atoms with Crippen molar-refractivity contribution in [3.8, 4) is 46.1 Å². The fourth-order valence-corrected chi connectivity index (χ4v) is 6.12. The fourth-order valence-electron chi connectivity index (χ4n) is 6.12. The first-order valence-corrected chi connectivity index (χ1v) is 16.0. The average molecular weight is 631 g/mol. The van der Waals surface area contributed by atoms with Crippen LogP contribution in [0.3, 0.4) is 0 Å². The predicted octanol–water partition coefficient (Wildman–Crippen LogP) is 4.73. The molecule has 2 unspecified atom stereocenters. The molecule has 0 bridgehead atoms. The zero-order valence-corrected chi connectivity index (χ0v) is 26.8. The van der Waals surface area contributed by atoms with Crippen LogP contribution < -0.4 is 10.6 Å². The zero-order chi connectivity index (χ0) is 32.8. The number of imidazole rings is 2. The molecule has 2 amide bonds. The number of hydrogen-bond acceptors (Lipinski definition) is 7.